The molecule has 26 heavy (non-hydrogen) atoms. The molecule has 0 saturated heterocycles. The number of hydrogen-bond donors (Lipinski definition) is 3. The lowest BCUT2D eigenvalue weighted by Gasteiger charge is -2.12. The molecule has 0 aliphatic heterocycles. The van der Waals surface area contributed by atoms with E-state index in [4.69, 9.17) is 16.7 Å². The highest BCUT2D eigenvalue weighted by Crippen LogP contribution is 2.28. The standard InChI is InChI=1S/C20H21ClN4O/c1-14-8-9-17(16(21)12-14)23-19-13-18(15-6-3-2-4-7-15)24-20(25-19)22-10-5-11-26/h2-4,6-9,12-13,26H,5,10-11H2,1H3,(H2,22,23,24,25). The molecule has 3 rings (SSSR count). The number of halogens is 1. The fourth-order valence-electron chi connectivity index (χ4n) is 2.49. The van der Waals surface area contributed by atoms with Crippen LogP contribution in [0.5, 0.6) is 0 Å². The van der Waals surface area contributed by atoms with Crippen molar-refractivity contribution in [1.29, 1.82) is 0 Å². The highest BCUT2D eigenvalue weighted by Gasteiger charge is 2.08. The van der Waals surface area contributed by atoms with Crippen LogP contribution in [0.4, 0.5) is 17.5 Å². The molecule has 0 aliphatic rings. The molecule has 0 spiro atoms. The quantitative estimate of drug-likeness (QED) is 0.530. The Bertz CT molecular complexity index is 871. The van der Waals surface area contributed by atoms with Crippen LogP contribution in [0.1, 0.15) is 12.0 Å². The molecule has 0 fully saturated rings. The minimum absolute atomic E-state index is 0.120. The van der Waals surface area contributed by atoms with Crippen molar-refractivity contribution in [2.24, 2.45) is 0 Å². The molecule has 1 aromatic heterocycles. The van der Waals surface area contributed by atoms with Crippen LogP contribution in [-0.2, 0) is 0 Å². The maximum Gasteiger partial charge on any atom is 0.225 e. The Morgan fingerprint density at radius 3 is 2.58 bits per heavy atom. The van der Waals surface area contributed by atoms with Crippen molar-refractivity contribution >= 4 is 29.1 Å². The lowest BCUT2D eigenvalue weighted by atomic mass is 10.1. The van der Waals surface area contributed by atoms with Crippen LogP contribution in [0.25, 0.3) is 11.3 Å². The Labute approximate surface area is 158 Å². The van der Waals surface area contributed by atoms with Gasteiger partial charge in [-0.2, -0.15) is 4.98 Å². The lowest BCUT2D eigenvalue weighted by Crippen LogP contribution is -2.08. The molecule has 1 heterocycles. The summed E-state index contributed by atoms with van der Waals surface area (Å²) in [5.74, 6) is 1.15. The van der Waals surface area contributed by atoms with Gasteiger partial charge in [-0.25, -0.2) is 4.98 Å². The van der Waals surface area contributed by atoms with Crippen LogP contribution in [0.15, 0.2) is 54.6 Å². The number of nitrogens with one attached hydrogen (secondary N) is 2. The molecular formula is C20H21ClN4O. The molecule has 0 radical (unpaired) electrons. The first kappa shape index (κ1) is 18.2. The molecule has 3 aromatic rings. The van der Waals surface area contributed by atoms with E-state index in [1.807, 2.05) is 61.5 Å². The molecule has 0 amide bonds. The second kappa shape index (κ2) is 8.65. The Balaban J connectivity index is 1.93. The zero-order valence-corrected chi connectivity index (χ0v) is 15.3. The zero-order chi connectivity index (χ0) is 18.4. The van der Waals surface area contributed by atoms with Crippen molar-refractivity contribution in [3.8, 4) is 11.3 Å². The van der Waals surface area contributed by atoms with Gasteiger partial charge in [0.25, 0.3) is 0 Å². The van der Waals surface area contributed by atoms with Crippen LogP contribution in [0.3, 0.4) is 0 Å². The number of hydrogen-bond acceptors (Lipinski definition) is 5. The van der Waals surface area contributed by atoms with E-state index in [9.17, 15) is 0 Å². The predicted octanol–water partition coefficient (Wildman–Crippen LogP) is 4.64. The van der Waals surface area contributed by atoms with Gasteiger partial charge < -0.3 is 15.7 Å². The first-order chi connectivity index (χ1) is 12.7. The maximum atomic E-state index is 8.97. The summed E-state index contributed by atoms with van der Waals surface area (Å²) >= 11 is 6.33. The average Bonchev–Trinajstić information content (AvgIpc) is 2.65. The Morgan fingerprint density at radius 1 is 1.04 bits per heavy atom. The van der Waals surface area contributed by atoms with Gasteiger partial charge in [0.1, 0.15) is 5.82 Å². The highest BCUT2D eigenvalue weighted by molar-refractivity contribution is 6.33. The summed E-state index contributed by atoms with van der Waals surface area (Å²) in [6, 6.07) is 17.6. The molecule has 3 N–H and O–H groups in total. The van der Waals surface area contributed by atoms with Crippen molar-refractivity contribution in [3.63, 3.8) is 0 Å². The molecule has 0 aliphatic carbocycles. The minimum atomic E-state index is 0.120. The van der Waals surface area contributed by atoms with Crippen LogP contribution >= 0.6 is 11.6 Å². The van der Waals surface area contributed by atoms with Crippen LogP contribution < -0.4 is 10.6 Å². The highest BCUT2D eigenvalue weighted by atomic mass is 35.5. The van der Waals surface area contributed by atoms with Crippen molar-refractivity contribution in [2.75, 3.05) is 23.8 Å². The Kier molecular flexibility index (Phi) is 6.04. The van der Waals surface area contributed by atoms with Crippen molar-refractivity contribution in [3.05, 3.63) is 65.2 Å². The third-order valence-corrected chi connectivity index (χ3v) is 4.11. The first-order valence-electron chi connectivity index (χ1n) is 8.48. The van der Waals surface area contributed by atoms with E-state index < -0.39 is 0 Å². The molecule has 0 saturated carbocycles. The van der Waals surface area contributed by atoms with Crippen LogP contribution in [0, 0.1) is 6.92 Å². The second-order valence-electron chi connectivity index (χ2n) is 5.94. The summed E-state index contributed by atoms with van der Waals surface area (Å²) in [7, 11) is 0. The van der Waals surface area contributed by atoms with Gasteiger partial charge in [-0.1, -0.05) is 48.0 Å². The summed E-state index contributed by atoms with van der Waals surface area (Å²) in [4.78, 5) is 9.09. The van der Waals surface area contributed by atoms with E-state index in [2.05, 4.69) is 20.6 Å². The Hall–Kier alpha value is -2.63. The van der Waals surface area contributed by atoms with Crippen molar-refractivity contribution < 1.29 is 5.11 Å². The number of aryl methyl sites for hydroxylation is 1. The fraction of sp³-hybridized carbons (Fsp3) is 0.200. The smallest absolute Gasteiger partial charge is 0.225 e. The topological polar surface area (TPSA) is 70.1 Å². The number of aliphatic hydroxyl groups is 1. The number of rotatable bonds is 7. The summed E-state index contributed by atoms with van der Waals surface area (Å²) in [6.45, 7) is 2.71. The van der Waals surface area contributed by atoms with Crippen LogP contribution in [0.2, 0.25) is 5.02 Å². The number of aliphatic hydroxyl groups excluding tert-OH is 1. The molecule has 0 unspecified atom stereocenters. The van der Waals surface area contributed by atoms with Gasteiger partial charge >= 0.3 is 0 Å². The second-order valence-corrected chi connectivity index (χ2v) is 6.35. The van der Waals surface area contributed by atoms with Gasteiger partial charge in [-0.05, 0) is 31.0 Å². The fourth-order valence-corrected chi connectivity index (χ4v) is 2.77. The summed E-state index contributed by atoms with van der Waals surface area (Å²) < 4.78 is 0. The molecule has 5 nitrogen and oxygen atoms in total. The Morgan fingerprint density at radius 2 is 1.85 bits per heavy atom. The molecule has 0 atom stereocenters. The van der Waals surface area contributed by atoms with E-state index in [0.29, 0.717) is 29.8 Å². The van der Waals surface area contributed by atoms with E-state index in [0.717, 1.165) is 22.5 Å². The lowest BCUT2D eigenvalue weighted by molar-refractivity contribution is 0.292. The number of anilines is 3. The van der Waals surface area contributed by atoms with Crippen LogP contribution in [-0.4, -0.2) is 28.2 Å². The normalized spacial score (nSPS) is 10.6. The predicted molar refractivity (Wildman–Crippen MR) is 107 cm³/mol. The number of nitrogens with zero attached hydrogens (tertiary/aromatic N) is 2. The molecule has 2 aromatic carbocycles. The van der Waals surface area contributed by atoms with Gasteiger partial charge in [0.2, 0.25) is 5.95 Å². The largest absolute Gasteiger partial charge is 0.396 e. The summed E-state index contributed by atoms with van der Waals surface area (Å²) in [6.07, 6.45) is 0.630. The van der Waals surface area contributed by atoms with Gasteiger partial charge in [0.15, 0.2) is 0 Å². The van der Waals surface area contributed by atoms with Gasteiger partial charge in [0, 0.05) is 24.8 Å². The van der Waals surface area contributed by atoms with Gasteiger partial charge in [-0.15, -0.1) is 0 Å². The van der Waals surface area contributed by atoms with Crippen molar-refractivity contribution in [2.45, 2.75) is 13.3 Å². The van der Waals surface area contributed by atoms with E-state index >= 15 is 0 Å². The van der Waals surface area contributed by atoms with Gasteiger partial charge in [0.05, 0.1) is 16.4 Å². The van der Waals surface area contributed by atoms with E-state index in [-0.39, 0.29) is 6.61 Å². The SMILES string of the molecule is Cc1ccc(Nc2cc(-c3ccccc3)nc(NCCCO)n2)c(Cl)c1. The first-order valence-corrected chi connectivity index (χ1v) is 8.86. The number of aromatic nitrogens is 2. The van der Waals surface area contributed by atoms with Gasteiger partial charge in [-0.3, -0.25) is 0 Å². The third-order valence-electron chi connectivity index (χ3n) is 3.80. The van der Waals surface area contributed by atoms with Crippen molar-refractivity contribution in [1.82, 2.24) is 9.97 Å². The molecule has 6 heteroatoms. The minimum Gasteiger partial charge on any atom is -0.396 e. The maximum absolute atomic E-state index is 8.97. The third kappa shape index (κ3) is 4.71. The monoisotopic (exact) mass is 368 g/mol. The number of benzene rings is 2. The average molecular weight is 369 g/mol. The summed E-state index contributed by atoms with van der Waals surface area (Å²) in [5, 5.41) is 16.0. The molecule has 134 valence electrons. The summed E-state index contributed by atoms with van der Waals surface area (Å²) in [5.41, 5.74) is 3.69. The van der Waals surface area contributed by atoms with E-state index in [1.54, 1.807) is 0 Å². The van der Waals surface area contributed by atoms with E-state index in [1.165, 1.54) is 0 Å². The molecule has 0 bridgehead atoms. The molecular weight excluding hydrogens is 348 g/mol. The zero-order valence-electron chi connectivity index (χ0n) is 14.5.